The monoisotopic (exact) mass is 364 g/mol. The summed E-state index contributed by atoms with van der Waals surface area (Å²) in [6.07, 6.45) is 2.68. The summed E-state index contributed by atoms with van der Waals surface area (Å²) in [6.45, 7) is 2.53. The highest BCUT2D eigenvalue weighted by molar-refractivity contribution is 6.03. The minimum absolute atomic E-state index is 0.225. The van der Waals surface area contributed by atoms with Crippen LogP contribution in [0.5, 0.6) is 0 Å². The molecule has 0 aliphatic heterocycles. The molecule has 0 atom stereocenters. The van der Waals surface area contributed by atoms with E-state index in [9.17, 15) is 9.18 Å². The quantitative estimate of drug-likeness (QED) is 0.663. The number of aryl methyl sites for hydroxylation is 1. The lowest BCUT2D eigenvalue weighted by Gasteiger charge is -2.10. The van der Waals surface area contributed by atoms with E-state index in [1.165, 1.54) is 12.4 Å². The van der Waals surface area contributed by atoms with Gasteiger partial charge in [-0.1, -0.05) is 43.3 Å². The predicted octanol–water partition coefficient (Wildman–Crippen LogP) is 4.09. The van der Waals surface area contributed by atoms with Gasteiger partial charge in [0.15, 0.2) is 0 Å². The average Bonchev–Trinajstić information content (AvgIpc) is 2.70. The molecule has 0 spiro atoms. The number of nitrogens with zero attached hydrogens (tertiary/aromatic N) is 2. The first-order valence-electron chi connectivity index (χ1n) is 8.86. The fourth-order valence-electron chi connectivity index (χ4n) is 2.74. The number of carbonyl (C=O) groups is 1. The summed E-state index contributed by atoms with van der Waals surface area (Å²) in [5, 5.41) is 5.99. The summed E-state index contributed by atoms with van der Waals surface area (Å²) >= 11 is 0. The summed E-state index contributed by atoms with van der Waals surface area (Å²) in [7, 11) is 0. The van der Waals surface area contributed by atoms with Crippen LogP contribution in [0, 0.1) is 5.82 Å². The topological polar surface area (TPSA) is 66.9 Å². The largest absolute Gasteiger partial charge is 0.370 e. The van der Waals surface area contributed by atoms with E-state index in [4.69, 9.17) is 0 Å². The lowest BCUT2D eigenvalue weighted by atomic mass is 10.1. The average molecular weight is 364 g/mol. The molecule has 0 saturated carbocycles. The minimum atomic E-state index is -0.296. The third-order valence-corrected chi connectivity index (χ3v) is 4.20. The van der Waals surface area contributed by atoms with Gasteiger partial charge < -0.3 is 10.6 Å². The number of aromatic nitrogens is 2. The van der Waals surface area contributed by atoms with Crippen molar-refractivity contribution >= 4 is 17.4 Å². The van der Waals surface area contributed by atoms with Crippen molar-refractivity contribution in [2.75, 3.05) is 17.2 Å². The zero-order valence-electron chi connectivity index (χ0n) is 15.1. The summed E-state index contributed by atoms with van der Waals surface area (Å²) in [5.41, 5.74) is 2.73. The van der Waals surface area contributed by atoms with Crippen molar-refractivity contribution in [2.24, 2.45) is 0 Å². The van der Waals surface area contributed by atoms with E-state index >= 15 is 0 Å². The molecule has 6 heteroatoms. The van der Waals surface area contributed by atoms with Gasteiger partial charge in [0.25, 0.3) is 5.91 Å². The van der Waals surface area contributed by atoms with Crippen LogP contribution in [0.1, 0.15) is 28.5 Å². The highest BCUT2D eigenvalue weighted by Crippen LogP contribution is 2.17. The van der Waals surface area contributed by atoms with Crippen molar-refractivity contribution in [1.82, 2.24) is 9.97 Å². The molecule has 0 fully saturated rings. The highest BCUT2D eigenvalue weighted by atomic mass is 19.1. The van der Waals surface area contributed by atoms with Gasteiger partial charge in [0, 0.05) is 18.3 Å². The molecule has 2 aromatic carbocycles. The normalized spacial score (nSPS) is 10.4. The molecule has 0 aliphatic rings. The molecule has 3 aromatic rings. The fourth-order valence-corrected chi connectivity index (χ4v) is 2.74. The smallest absolute Gasteiger partial charge is 0.274 e. The maximum atomic E-state index is 13.6. The standard InChI is InChI=1S/C21H21FN4O/c1-2-15-7-4-6-10-18(15)26-21(27)19-13-20(25-14-24-19)23-12-11-16-8-3-5-9-17(16)22/h3-10,13-14H,2,11-12H2,1H3,(H,26,27)(H,23,24,25). The van der Waals surface area contributed by atoms with Gasteiger partial charge in [0.1, 0.15) is 23.7 Å². The molecule has 0 aliphatic carbocycles. The number of para-hydroxylation sites is 1. The third-order valence-electron chi connectivity index (χ3n) is 4.20. The van der Waals surface area contributed by atoms with Gasteiger partial charge in [-0.2, -0.15) is 0 Å². The number of anilines is 2. The Balaban J connectivity index is 1.63. The molecule has 138 valence electrons. The first kappa shape index (κ1) is 18.5. The van der Waals surface area contributed by atoms with Crippen LogP contribution in [-0.4, -0.2) is 22.4 Å². The first-order valence-corrected chi connectivity index (χ1v) is 8.86. The summed E-state index contributed by atoms with van der Waals surface area (Å²) in [5.74, 6) is 0.00219. The Morgan fingerprint density at radius 1 is 1.04 bits per heavy atom. The SMILES string of the molecule is CCc1ccccc1NC(=O)c1cc(NCCc2ccccc2F)ncn1. The number of hydrogen-bond acceptors (Lipinski definition) is 4. The number of rotatable bonds is 7. The van der Waals surface area contributed by atoms with Crippen molar-refractivity contribution in [1.29, 1.82) is 0 Å². The van der Waals surface area contributed by atoms with Gasteiger partial charge in [0.2, 0.25) is 0 Å². The van der Waals surface area contributed by atoms with Crippen molar-refractivity contribution in [3.63, 3.8) is 0 Å². The molecule has 1 aromatic heterocycles. The number of amides is 1. The van der Waals surface area contributed by atoms with Gasteiger partial charge in [-0.25, -0.2) is 14.4 Å². The lowest BCUT2D eigenvalue weighted by molar-refractivity contribution is 0.102. The summed E-state index contributed by atoms with van der Waals surface area (Å²) in [6, 6.07) is 15.9. The van der Waals surface area contributed by atoms with Crippen LogP contribution in [0.15, 0.2) is 60.9 Å². The van der Waals surface area contributed by atoms with Crippen molar-refractivity contribution < 1.29 is 9.18 Å². The molecule has 27 heavy (non-hydrogen) atoms. The zero-order chi connectivity index (χ0) is 19.1. The molecule has 3 rings (SSSR count). The van der Waals surface area contributed by atoms with Crippen molar-refractivity contribution in [2.45, 2.75) is 19.8 Å². The number of nitrogens with one attached hydrogen (secondary N) is 2. The zero-order valence-corrected chi connectivity index (χ0v) is 15.1. The van der Waals surface area contributed by atoms with Gasteiger partial charge in [0.05, 0.1) is 0 Å². The van der Waals surface area contributed by atoms with Gasteiger partial charge in [-0.3, -0.25) is 4.79 Å². The van der Waals surface area contributed by atoms with E-state index in [1.54, 1.807) is 24.3 Å². The van der Waals surface area contributed by atoms with Gasteiger partial charge in [-0.05, 0) is 36.1 Å². The Morgan fingerprint density at radius 3 is 2.56 bits per heavy atom. The highest BCUT2D eigenvalue weighted by Gasteiger charge is 2.11. The molecule has 0 radical (unpaired) electrons. The maximum Gasteiger partial charge on any atom is 0.274 e. The molecule has 1 amide bonds. The van der Waals surface area contributed by atoms with Crippen LogP contribution in [0.3, 0.4) is 0 Å². The molecule has 2 N–H and O–H groups in total. The van der Waals surface area contributed by atoms with E-state index in [-0.39, 0.29) is 17.4 Å². The molecule has 1 heterocycles. The molecule has 0 unspecified atom stereocenters. The van der Waals surface area contributed by atoms with Gasteiger partial charge in [-0.15, -0.1) is 0 Å². The van der Waals surface area contributed by atoms with Crippen LogP contribution in [0.25, 0.3) is 0 Å². The molecule has 0 saturated heterocycles. The van der Waals surface area contributed by atoms with Crippen LogP contribution < -0.4 is 10.6 Å². The van der Waals surface area contributed by atoms with Crippen LogP contribution in [0.2, 0.25) is 0 Å². The molecule has 0 bridgehead atoms. The predicted molar refractivity (Wildman–Crippen MR) is 104 cm³/mol. The molecular formula is C21H21FN4O. The number of hydrogen-bond donors (Lipinski definition) is 2. The van der Waals surface area contributed by atoms with E-state index in [2.05, 4.69) is 20.6 Å². The second kappa shape index (κ2) is 8.89. The van der Waals surface area contributed by atoms with E-state index in [1.807, 2.05) is 31.2 Å². The van der Waals surface area contributed by atoms with E-state index in [0.717, 1.165) is 17.7 Å². The number of carbonyl (C=O) groups excluding carboxylic acids is 1. The first-order chi connectivity index (χ1) is 13.2. The van der Waals surface area contributed by atoms with E-state index in [0.29, 0.717) is 24.3 Å². The second-order valence-corrected chi connectivity index (χ2v) is 6.02. The summed E-state index contributed by atoms with van der Waals surface area (Å²) < 4.78 is 13.6. The van der Waals surface area contributed by atoms with Crippen molar-refractivity contribution in [3.8, 4) is 0 Å². The van der Waals surface area contributed by atoms with Crippen LogP contribution in [-0.2, 0) is 12.8 Å². The Hall–Kier alpha value is -3.28. The lowest BCUT2D eigenvalue weighted by Crippen LogP contribution is -2.16. The number of benzene rings is 2. The van der Waals surface area contributed by atoms with E-state index < -0.39 is 0 Å². The Morgan fingerprint density at radius 2 is 1.78 bits per heavy atom. The fraction of sp³-hybridized carbons (Fsp3) is 0.190. The van der Waals surface area contributed by atoms with Crippen molar-refractivity contribution in [3.05, 3.63) is 83.6 Å². The summed E-state index contributed by atoms with van der Waals surface area (Å²) in [4.78, 5) is 20.7. The maximum absolute atomic E-state index is 13.6. The number of halogens is 1. The second-order valence-electron chi connectivity index (χ2n) is 6.02. The molecular weight excluding hydrogens is 343 g/mol. The third kappa shape index (κ3) is 4.88. The minimum Gasteiger partial charge on any atom is -0.370 e. The Labute approximate surface area is 157 Å². The Bertz CT molecular complexity index is 929. The Kier molecular flexibility index (Phi) is 6.10. The molecule has 5 nitrogen and oxygen atoms in total. The van der Waals surface area contributed by atoms with Crippen LogP contribution >= 0.6 is 0 Å². The van der Waals surface area contributed by atoms with Gasteiger partial charge >= 0.3 is 0 Å². The van der Waals surface area contributed by atoms with Crippen LogP contribution in [0.4, 0.5) is 15.9 Å².